The molecule has 0 N–H and O–H groups in total. The standard InChI is InChI=1S/C14H10N2O3/c15-7-11-2-1-5-16(11)8-12(17)10-3-4-13-14(6-10)19-9-18-13/h1-6H,8-9H2. The van der Waals surface area contributed by atoms with Crippen LogP contribution in [0.2, 0.25) is 0 Å². The first-order valence-corrected chi connectivity index (χ1v) is 5.76. The predicted molar refractivity (Wildman–Crippen MR) is 66.0 cm³/mol. The van der Waals surface area contributed by atoms with Gasteiger partial charge in [0.2, 0.25) is 6.79 Å². The largest absolute Gasteiger partial charge is 0.454 e. The van der Waals surface area contributed by atoms with Gasteiger partial charge in [0.15, 0.2) is 17.3 Å². The van der Waals surface area contributed by atoms with Crippen molar-refractivity contribution in [3.05, 3.63) is 47.8 Å². The van der Waals surface area contributed by atoms with E-state index < -0.39 is 0 Å². The second kappa shape index (κ2) is 4.50. The summed E-state index contributed by atoms with van der Waals surface area (Å²) in [6, 6.07) is 10.5. The van der Waals surface area contributed by atoms with Crippen molar-refractivity contribution in [2.45, 2.75) is 6.54 Å². The highest BCUT2D eigenvalue weighted by Crippen LogP contribution is 2.32. The molecule has 0 bridgehead atoms. The van der Waals surface area contributed by atoms with Crippen LogP contribution in [-0.4, -0.2) is 17.1 Å². The molecule has 2 heterocycles. The Morgan fingerprint density at radius 1 is 1.32 bits per heavy atom. The Morgan fingerprint density at radius 3 is 3.00 bits per heavy atom. The number of fused-ring (bicyclic) bond motifs is 1. The van der Waals surface area contributed by atoms with Crippen molar-refractivity contribution >= 4 is 5.78 Å². The van der Waals surface area contributed by atoms with Gasteiger partial charge in [-0.2, -0.15) is 5.26 Å². The van der Waals surface area contributed by atoms with Gasteiger partial charge in [-0.05, 0) is 30.3 Å². The maximum absolute atomic E-state index is 12.2. The fourth-order valence-electron chi connectivity index (χ4n) is 1.97. The third kappa shape index (κ3) is 2.04. The number of hydrogen-bond donors (Lipinski definition) is 0. The van der Waals surface area contributed by atoms with Crippen molar-refractivity contribution < 1.29 is 14.3 Å². The normalized spacial score (nSPS) is 12.2. The van der Waals surface area contributed by atoms with Gasteiger partial charge in [0, 0.05) is 11.8 Å². The van der Waals surface area contributed by atoms with Gasteiger partial charge in [0.1, 0.15) is 11.8 Å². The average molecular weight is 254 g/mol. The minimum absolute atomic E-state index is 0.0778. The highest BCUT2D eigenvalue weighted by atomic mass is 16.7. The maximum atomic E-state index is 12.2. The number of Topliss-reactive ketones (excluding diaryl/α,β-unsaturated/α-hetero) is 1. The van der Waals surface area contributed by atoms with Gasteiger partial charge in [0.05, 0.1) is 6.54 Å². The molecule has 0 spiro atoms. The van der Waals surface area contributed by atoms with Crippen LogP contribution in [-0.2, 0) is 6.54 Å². The van der Waals surface area contributed by atoms with E-state index in [9.17, 15) is 4.79 Å². The van der Waals surface area contributed by atoms with Crippen molar-refractivity contribution in [1.29, 1.82) is 5.26 Å². The Bertz CT molecular complexity index is 682. The number of ether oxygens (including phenoxy) is 2. The molecule has 94 valence electrons. The minimum atomic E-state index is -0.0778. The lowest BCUT2D eigenvalue weighted by molar-refractivity contribution is 0.0971. The molecule has 0 radical (unpaired) electrons. The zero-order valence-electron chi connectivity index (χ0n) is 10.00. The van der Waals surface area contributed by atoms with Crippen molar-refractivity contribution in [3.63, 3.8) is 0 Å². The molecule has 0 saturated heterocycles. The van der Waals surface area contributed by atoms with Crippen molar-refractivity contribution in [2.24, 2.45) is 0 Å². The smallest absolute Gasteiger partial charge is 0.231 e. The summed E-state index contributed by atoms with van der Waals surface area (Å²) in [7, 11) is 0. The number of ketones is 1. The van der Waals surface area contributed by atoms with Gasteiger partial charge in [-0.1, -0.05) is 0 Å². The fourth-order valence-corrected chi connectivity index (χ4v) is 1.97. The third-order valence-corrected chi connectivity index (χ3v) is 2.95. The number of benzene rings is 1. The van der Waals surface area contributed by atoms with Gasteiger partial charge < -0.3 is 14.0 Å². The number of nitrogens with zero attached hydrogens (tertiary/aromatic N) is 2. The molecule has 0 saturated carbocycles. The molecule has 0 aliphatic carbocycles. The van der Waals surface area contributed by atoms with E-state index in [2.05, 4.69) is 0 Å². The summed E-state index contributed by atoms with van der Waals surface area (Å²) < 4.78 is 12.0. The Labute approximate surface area is 109 Å². The first kappa shape index (κ1) is 11.4. The molecule has 1 aromatic heterocycles. The Morgan fingerprint density at radius 2 is 2.16 bits per heavy atom. The van der Waals surface area contributed by atoms with Crippen molar-refractivity contribution in [3.8, 4) is 17.6 Å². The Hall–Kier alpha value is -2.74. The third-order valence-electron chi connectivity index (χ3n) is 2.95. The van der Waals surface area contributed by atoms with Gasteiger partial charge in [-0.25, -0.2) is 0 Å². The van der Waals surface area contributed by atoms with Crippen LogP contribution in [0.3, 0.4) is 0 Å². The number of rotatable bonds is 3. The molecule has 5 heteroatoms. The van der Waals surface area contributed by atoms with Crippen LogP contribution in [0.25, 0.3) is 0 Å². The van der Waals surface area contributed by atoms with E-state index in [1.165, 1.54) is 0 Å². The molecule has 19 heavy (non-hydrogen) atoms. The van der Waals surface area contributed by atoms with E-state index in [1.54, 1.807) is 41.1 Å². The summed E-state index contributed by atoms with van der Waals surface area (Å²) in [4.78, 5) is 12.2. The molecule has 1 aliphatic heterocycles. The van der Waals surface area contributed by atoms with E-state index in [-0.39, 0.29) is 19.1 Å². The van der Waals surface area contributed by atoms with E-state index in [4.69, 9.17) is 14.7 Å². The van der Waals surface area contributed by atoms with Gasteiger partial charge >= 0.3 is 0 Å². The summed E-state index contributed by atoms with van der Waals surface area (Å²) in [5, 5.41) is 8.90. The molecule has 5 nitrogen and oxygen atoms in total. The lowest BCUT2D eigenvalue weighted by atomic mass is 10.1. The molecular formula is C14H10N2O3. The first-order chi connectivity index (χ1) is 9.28. The topological polar surface area (TPSA) is 64.2 Å². The highest BCUT2D eigenvalue weighted by Gasteiger charge is 2.16. The number of aromatic nitrogens is 1. The van der Waals surface area contributed by atoms with E-state index in [0.717, 1.165) is 0 Å². The highest BCUT2D eigenvalue weighted by molar-refractivity contribution is 5.96. The average Bonchev–Trinajstić information content (AvgIpc) is 3.05. The van der Waals surface area contributed by atoms with E-state index in [1.807, 2.05) is 6.07 Å². The summed E-state index contributed by atoms with van der Waals surface area (Å²) >= 11 is 0. The van der Waals surface area contributed by atoms with Gasteiger partial charge in [-0.15, -0.1) is 0 Å². The zero-order valence-corrected chi connectivity index (χ0v) is 10.00. The number of hydrogen-bond acceptors (Lipinski definition) is 4. The molecule has 2 aromatic rings. The fraction of sp³-hybridized carbons (Fsp3) is 0.143. The van der Waals surface area contributed by atoms with Crippen LogP contribution >= 0.6 is 0 Å². The molecule has 0 unspecified atom stereocenters. The number of carbonyl (C=O) groups is 1. The van der Waals surface area contributed by atoms with Gasteiger partial charge in [0.25, 0.3) is 0 Å². The first-order valence-electron chi connectivity index (χ1n) is 5.76. The second-order valence-electron chi connectivity index (χ2n) is 4.12. The van der Waals surface area contributed by atoms with Crippen molar-refractivity contribution in [1.82, 2.24) is 4.57 Å². The summed E-state index contributed by atoms with van der Waals surface area (Å²) in [5.74, 6) is 1.15. The predicted octanol–water partition coefficient (Wildman–Crippen LogP) is 1.97. The van der Waals surface area contributed by atoms with Crippen LogP contribution in [0, 0.1) is 11.3 Å². The van der Waals surface area contributed by atoms with Crippen LogP contribution in [0.1, 0.15) is 16.1 Å². The minimum Gasteiger partial charge on any atom is -0.454 e. The summed E-state index contributed by atoms with van der Waals surface area (Å²) in [5.41, 5.74) is 1.01. The quantitative estimate of drug-likeness (QED) is 0.785. The molecule has 0 atom stereocenters. The number of carbonyl (C=O) groups excluding carboxylic acids is 1. The lowest BCUT2D eigenvalue weighted by Gasteiger charge is -2.05. The Balaban J connectivity index is 1.83. The SMILES string of the molecule is N#Cc1cccn1CC(=O)c1ccc2c(c1)OCO2. The summed E-state index contributed by atoms with van der Waals surface area (Å²) in [6.45, 7) is 0.318. The molecule has 1 aromatic carbocycles. The molecule has 0 fully saturated rings. The molecule has 0 amide bonds. The summed E-state index contributed by atoms with van der Waals surface area (Å²) in [6.07, 6.45) is 1.71. The van der Waals surface area contributed by atoms with E-state index in [0.29, 0.717) is 22.8 Å². The second-order valence-corrected chi connectivity index (χ2v) is 4.12. The van der Waals surface area contributed by atoms with Crippen LogP contribution < -0.4 is 9.47 Å². The monoisotopic (exact) mass is 254 g/mol. The number of nitriles is 1. The van der Waals surface area contributed by atoms with E-state index >= 15 is 0 Å². The molecular weight excluding hydrogens is 244 g/mol. The Kier molecular flexibility index (Phi) is 2.69. The zero-order chi connectivity index (χ0) is 13.2. The lowest BCUT2D eigenvalue weighted by Crippen LogP contribution is -2.10. The van der Waals surface area contributed by atoms with Crippen LogP contribution in [0.5, 0.6) is 11.5 Å². The van der Waals surface area contributed by atoms with Crippen molar-refractivity contribution in [2.75, 3.05) is 6.79 Å². The van der Waals surface area contributed by atoms with Gasteiger partial charge in [-0.3, -0.25) is 4.79 Å². The van der Waals surface area contributed by atoms with Crippen LogP contribution in [0.15, 0.2) is 36.5 Å². The molecule has 1 aliphatic rings. The maximum Gasteiger partial charge on any atom is 0.231 e. The molecule has 3 rings (SSSR count). The van der Waals surface area contributed by atoms with Crippen LogP contribution in [0.4, 0.5) is 0 Å².